The number of halogens is 3. The zero-order valence-corrected chi connectivity index (χ0v) is 21.6. The molecule has 0 bridgehead atoms. The van der Waals surface area contributed by atoms with Gasteiger partial charge in [-0.2, -0.15) is 0 Å². The lowest BCUT2D eigenvalue weighted by atomic mass is 9.70. The Kier molecular flexibility index (Phi) is 7.02. The third kappa shape index (κ3) is 5.11. The highest BCUT2D eigenvalue weighted by atomic mass is 35.5. The molecule has 0 atom stereocenters. The fourth-order valence-corrected chi connectivity index (χ4v) is 5.54. The van der Waals surface area contributed by atoms with Crippen LogP contribution in [0, 0.1) is 23.0 Å². The summed E-state index contributed by atoms with van der Waals surface area (Å²) in [6.07, 6.45) is 2.94. The average molecular weight is 534 g/mol. The molecule has 198 valence electrons. The second-order valence-electron chi connectivity index (χ2n) is 10.4. The van der Waals surface area contributed by atoms with Crippen LogP contribution in [-0.2, 0) is 9.53 Å². The molecule has 0 unspecified atom stereocenters. The van der Waals surface area contributed by atoms with Crippen molar-refractivity contribution in [2.24, 2.45) is 11.3 Å². The molecule has 5 rings (SSSR count). The monoisotopic (exact) mass is 533 g/mol. The molecule has 0 spiro atoms. The molecule has 10 heteroatoms. The number of pyridine rings is 1. The van der Waals surface area contributed by atoms with Gasteiger partial charge in [0.25, 0.3) is 0 Å². The van der Waals surface area contributed by atoms with E-state index in [-0.39, 0.29) is 28.3 Å². The number of benzene rings is 1. The number of fused-ring (bicyclic) bond motifs is 1. The quantitative estimate of drug-likeness (QED) is 0.401. The molecule has 2 aromatic heterocycles. The van der Waals surface area contributed by atoms with E-state index in [9.17, 15) is 9.90 Å². The van der Waals surface area contributed by atoms with E-state index in [1.54, 1.807) is 26.0 Å². The molecular weight excluding hydrogens is 504 g/mol. The van der Waals surface area contributed by atoms with Crippen LogP contribution in [0.15, 0.2) is 24.3 Å². The Bertz CT molecular complexity index is 1290. The largest absolute Gasteiger partial charge is 0.481 e. The van der Waals surface area contributed by atoms with E-state index >= 15 is 8.78 Å². The minimum atomic E-state index is -0.783. The van der Waals surface area contributed by atoms with Gasteiger partial charge in [-0.05, 0) is 63.6 Å². The number of carboxylic acid groups (broad SMARTS) is 1. The molecule has 2 fully saturated rings. The van der Waals surface area contributed by atoms with Gasteiger partial charge in [-0.3, -0.25) is 4.79 Å². The Morgan fingerprint density at radius 1 is 1.14 bits per heavy atom. The summed E-state index contributed by atoms with van der Waals surface area (Å²) >= 11 is 6.42. The number of hydrogen-bond acceptors (Lipinski definition) is 5. The van der Waals surface area contributed by atoms with Gasteiger partial charge in [-0.1, -0.05) is 11.6 Å². The molecule has 0 amide bonds. The molecule has 1 saturated heterocycles. The molecule has 1 aliphatic heterocycles. The molecule has 7 nitrogen and oxygen atoms in total. The highest BCUT2D eigenvalue weighted by molar-refractivity contribution is 6.33. The first-order chi connectivity index (χ1) is 17.6. The number of aliphatic carboxylic acids is 1. The Balaban J connectivity index is 1.34. The van der Waals surface area contributed by atoms with Crippen molar-refractivity contribution in [1.29, 1.82) is 0 Å². The van der Waals surface area contributed by atoms with E-state index in [4.69, 9.17) is 21.1 Å². The third-order valence-electron chi connectivity index (χ3n) is 7.71. The van der Waals surface area contributed by atoms with Gasteiger partial charge in [0, 0.05) is 24.8 Å². The lowest BCUT2D eigenvalue weighted by molar-refractivity contribution is -0.151. The molecule has 1 aliphatic carbocycles. The van der Waals surface area contributed by atoms with Crippen LogP contribution in [0.2, 0.25) is 5.02 Å². The van der Waals surface area contributed by atoms with Gasteiger partial charge < -0.3 is 24.5 Å². The summed E-state index contributed by atoms with van der Waals surface area (Å²) in [6.45, 7) is 5.69. The lowest BCUT2D eigenvalue weighted by Crippen LogP contribution is -2.37. The minimum Gasteiger partial charge on any atom is -0.481 e. The zero-order valence-electron chi connectivity index (χ0n) is 20.8. The van der Waals surface area contributed by atoms with E-state index in [1.165, 1.54) is 12.1 Å². The fourth-order valence-electron chi connectivity index (χ4n) is 5.29. The molecule has 1 aromatic carbocycles. The summed E-state index contributed by atoms with van der Waals surface area (Å²) in [6, 6.07) is 5.90. The number of anilines is 1. The van der Waals surface area contributed by atoms with E-state index < -0.39 is 23.0 Å². The summed E-state index contributed by atoms with van der Waals surface area (Å²) in [4.78, 5) is 21.1. The molecule has 1 saturated carbocycles. The first-order valence-electron chi connectivity index (χ1n) is 12.5. The molecule has 2 aliphatic rings. The number of carbonyl (C=O) groups is 1. The maximum absolute atomic E-state index is 15.1. The van der Waals surface area contributed by atoms with Crippen LogP contribution < -0.4 is 9.64 Å². The summed E-state index contributed by atoms with van der Waals surface area (Å²) in [7, 11) is 0. The van der Waals surface area contributed by atoms with Gasteiger partial charge >= 0.3 is 5.97 Å². The predicted molar refractivity (Wildman–Crippen MR) is 137 cm³/mol. The van der Waals surface area contributed by atoms with Crippen LogP contribution >= 0.6 is 11.6 Å². The van der Waals surface area contributed by atoms with Gasteiger partial charge in [-0.15, -0.1) is 0 Å². The number of aromatic nitrogens is 2. The van der Waals surface area contributed by atoms with E-state index in [0.717, 1.165) is 25.7 Å². The SMILES string of the molecule is CC(C)(C(=O)O)[C@H]1CC[C@H](Oc2cc3nc(-c4c(F)cc(N5CCOCC5)cc4F)c(Cl)cc3[nH]2)CC1. The van der Waals surface area contributed by atoms with Crippen molar-refractivity contribution in [1.82, 2.24) is 9.97 Å². The van der Waals surface area contributed by atoms with Gasteiger partial charge in [-0.25, -0.2) is 13.8 Å². The summed E-state index contributed by atoms with van der Waals surface area (Å²) < 4.78 is 41.7. The van der Waals surface area contributed by atoms with Crippen molar-refractivity contribution in [3.63, 3.8) is 0 Å². The maximum Gasteiger partial charge on any atom is 0.309 e. The first kappa shape index (κ1) is 25.7. The Morgan fingerprint density at radius 3 is 2.41 bits per heavy atom. The number of ether oxygens (including phenoxy) is 2. The van der Waals surface area contributed by atoms with Crippen LogP contribution in [0.1, 0.15) is 39.5 Å². The summed E-state index contributed by atoms with van der Waals surface area (Å²) in [5, 5.41) is 9.62. The number of aromatic amines is 1. The van der Waals surface area contributed by atoms with E-state index in [1.807, 2.05) is 4.90 Å². The van der Waals surface area contributed by atoms with Gasteiger partial charge in [0.15, 0.2) is 5.88 Å². The number of nitrogens with one attached hydrogen (secondary N) is 1. The van der Waals surface area contributed by atoms with Crippen LogP contribution in [-0.4, -0.2) is 53.5 Å². The topological polar surface area (TPSA) is 87.7 Å². The number of carboxylic acids is 1. The van der Waals surface area contributed by atoms with Gasteiger partial charge in [0.2, 0.25) is 0 Å². The number of morpholine rings is 1. The van der Waals surface area contributed by atoms with Crippen LogP contribution in [0.25, 0.3) is 22.3 Å². The molecule has 3 aromatic rings. The Labute approximate surface area is 218 Å². The lowest BCUT2D eigenvalue weighted by Gasteiger charge is -2.36. The number of nitrogens with zero attached hydrogens (tertiary/aromatic N) is 2. The molecule has 37 heavy (non-hydrogen) atoms. The van der Waals surface area contributed by atoms with Crippen LogP contribution in [0.3, 0.4) is 0 Å². The van der Waals surface area contributed by atoms with Crippen molar-refractivity contribution in [2.45, 2.75) is 45.6 Å². The molecule has 0 radical (unpaired) electrons. The van der Waals surface area contributed by atoms with Crippen LogP contribution in [0.5, 0.6) is 5.88 Å². The number of H-pyrrole nitrogens is 1. The van der Waals surface area contributed by atoms with E-state index in [2.05, 4.69) is 9.97 Å². The second kappa shape index (κ2) is 10.1. The predicted octanol–water partition coefficient (Wildman–Crippen LogP) is 6.05. The molecule has 3 heterocycles. The van der Waals surface area contributed by atoms with Crippen molar-refractivity contribution in [3.05, 3.63) is 40.9 Å². The van der Waals surface area contributed by atoms with Crippen molar-refractivity contribution in [3.8, 4) is 17.1 Å². The highest BCUT2D eigenvalue weighted by Gasteiger charge is 2.39. The maximum atomic E-state index is 15.1. The van der Waals surface area contributed by atoms with Gasteiger partial charge in [0.05, 0.1) is 45.9 Å². The standard InChI is InChI=1S/C27H30ClF2N3O4/c1-27(2,26(34)35)15-3-5-17(6-4-15)37-23-14-22-21(31-23)13-18(28)25(32-22)24-19(29)11-16(12-20(24)30)33-7-9-36-10-8-33/h11-15,17,31H,3-10H2,1-2H3,(H,34,35)/t15-,17-. The highest BCUT2D eigenvalue weighted by Crippen LogP contribution is 2.40. The van der Waals surface area contributed by atoms with Crippen LogP contribution in [0.4, 0.5) is 14.5 Å². The zero-order chi connectivity index (χ0) is 26.3. The van der Waals surface area contributed by atoms with Crippen molar-refractivity contribution < 1.29 is 28.2 Å². The molecule has 2 N–H and O–H groups in total. The third-order valence-corrected chi connectivity index (χ3v) is 8.00. The van der Waals surface area contributed by atoms with Crippen molar-refractivity contribution in [2.75, 3.05) is 31.2 Å². The van der Waals surface area contributed by atoms with Gasteiger partial charge in [0.1, 0.15) is 17.7 Å². The number of rotatable bonds is 6. The smallest absolute Gasteiger partial charge is 0.309 e. The summed E-state index contributed by atoms with van der Waals surface area (Å²) in [5.41, 5.74) is 0.514. The fraction of sp³-hybridized carbons (Fsp3) is 0.481. The van der Waals surface area contributed by atoms with Crippen molar-refractivity contribution >= 4 is 34.3 Å². The first-order valence-corrected chi connectivity index (χ1v) is 12.9. The average Bonchev–Trinajstić information content (AvgIpc) is 3.25. The molecular formula is C27H30ClF2N3O4. The summed E-state index contributed by atoms with van der Waals surface area (Å²) in [5.74, 6) is -1.67. The minimum absolute atomic E-state index is 0.0275. The van der Waals surface area contributed by atoms with E-state index in [0.29, 0.717) is 48.9 Å². The number of hydrogen-bond donors (Lipinski definition) is 2. The Hall–Kier alpha value is -2.91. The normalized spacial score (nSPS) is 20.8. The Morgan fingerprint density at radius 2 is 1.78 bits per heavy atom. The second-order valence-corrected chi connectivity index (χ2v) is 10.8.